The van der Waals surface area contributed by atoms with E-state index in [0.29, 0.717) is 6.42 Å². The third kappa shape index (κ3) is 20.7. The summed E-state index contributed by atoms with van der Waals surface area (Å²) in [5.41, 5.74) is 0. The number of carboxylic acids is 1. The van der Waals surface area contributed by atoms with Gasteiger partial charge in [0.1, 0.15) is 6.10 Å². The highest BCUT2D eigenvalue weighted by molar-refractivity contribution is 5.69. The number of aliphatic carboxylic acids is 1. The van der Waals surface area contributed by atoms with E-state index in [1.165, 1.54) is 0 Å². The van der Waals surface area contributed by atoms with Gasteiger partial charge in [0.25, 0.3) is 0 Å². The molecule has 1 unspecified atom stereocenters. The zero-order valence-corrected chi connectivity index (χ0v) is 18.6. The van der Waals surface area contributed by atoms with E-state index in [9.17, 15) is 9.59 Å². The van der Waals surface area contributed by atoms with Crippen molar-refractivity contribution in [3.8, 4) is 0 Å². The number of rotatable bonds is 19. The van der Waals surface area contributed by atoms with Crippen molar-refractivity contribution in [2.24, 2.45) is 0 Å². The van der Waals surface area contributed by atoms with Gasteiger partial charge in [-0.2, -0.15) is 0 Å². The van der Waals surface area contributed by atoms with Crippen LogP contribution in [0, 0.1) is 0 Å². The molecular formula is C25H42O4. The fourth-order valence-electron chi connectivity index (χ4n) is 2.91. The summed E-state index contributed by atoms with van der Waals surface area (Å²) in [7, 11) is 0. The molecule has 1 atom stereocenters. The molecule has 0 aliphatic rings. The number of ether oxygens (including phenoxy) is 1. The minimum absolute atomic E-state index is 0.101. The smallest absolute Gasteiger partial charge is 0.306 e. The second kappa shape index (κ2) is 20.9. The molecule has 0 aliphatic carbocycles. The first-order valence-corrected chi connectivity index (χ1v) is 11.5. The second-order valence-electron chi connectivity index (χ2n) is 7.44. The topological polar surface area (TPSA) is 63.6 Å². The highest BCUT2D eigenvalue weighted by Crippen LogP contribution is 2.14. The fraction of sp³-hybridized carbons (Fsp3) is 0.680. The Bertz CT molecular complexity index is 491. The van der Waals surface area contributed by atoms with E-state index in [1.807, 2.05) is 6.08 Å². The lowest BCUT2D eigenvalue weighted by Crippen LogP contribution is -2.16. The average Bonchev–Trinajstić information content (AvgIpc) is 2.69. The minimum Gasteiger partial charge on any atom is -0.481 e. The maximum Gasteiger partial charge on any atom is 0.306 e. The molecule has 0 aromatic rings. The van der Waals surface area contributed by atoms with Crippen molar-refractivity contribution in [1.82, 2.24) is 0 Å². The van der Waals surface area contributed by atoms with Gasteiger partial charge < -0.3 is 9.84 Å². The Kier molecular flexibility index (Phi) is 19.6. The molecule has 0 aromatic heterocycles. The normalized spacial score (nSPS) is 12.9. The first kappa shape index (κ1) is 27.2. The molecule has 0 bridgehead atoms. The summed E-state index contributed by atoms with van der Waals surface area (Å²) in [4.78, 5) is 22.5. The maximum absolute atomic E-state index is 12.0. The van der Waals surface area contributed by atoms with E-state index in [4.69, 9.17) is 9.84 Å². The van der Waals surface area contributed by atoms with Gasteiger partial charge in [-0.05, 0) is 51.0 Å². The van der Waals surface area contributed by atoms with Crippen LogP contribution in [0.1, 0.15) is 104 Å². The van der Waals surface area contributed by atoms with E-state index in [0.717, 1.165) is 77.0 Å². The third-order valence-electron chi connectivity index (χ3n) is 4.61. The summed E-state index contributed by atoms with van der Waals surface area (Å²) >= 11 is 0. The molecule has 4 heteroatoms. The molecule has 0 radical (unpaired) electrons. The average molecular weight is 407 g/mol. The lowest BCUT2D eigenvalue weighted by atomic mass is 10.1. The van der Waals surface area contributed by atoms with Crippen LogP contribution in [0.25, 0.3) is 0 Å². The van der Waals surface area contributed by atoms with Crippen molar-refractivity contribution >= 4 is 11.9 Å². The first-order chi connectivity index (χ1) is 14.1. The van der Waals surface area contributed by atoms with Crippen molar-refractivity contribution < 1.29 is 19.4 Å². The maximum atomic E-state index is 12.0. The van der Waals surface area contributed by atoms with Gasteiger partial charge in [0.15, 0.2) is 0 Å². The van der Waals surface area contributed by atoms with Gasteiger partial charge in [0.05, 0.1) is 0 Å². The third-order valence-corrected chi connectivity index (χ3v) is 4.61. The highest BCUT2D eigenvalue weighted by atomic mass is 16.5. The van der Waals surface area contributed by atoms with Crippen LogP contribution >= 0.6 is 0 Å². The molecule has 29 heavy (non-hydrogen) atoms. The van der Waals surface area contributed by atoms with Gasteiger partial charge in [-0.15, -0.1) is 0 Å². The second-order valence-corrected chi connectivity index (χ2v) is 7.44. The SMILES string of the molecule is CC/C=C\C/C=C\C/C=C\C(CCCCCCCCC(=O)O)OC(=O)CCCC. The van der Waals surface area contributed by atoms with Gasteiger partial charge in [-0.25, -0.2) is 0 Å². The molecule has 1 N–H and O–H groups in total. The molecular weight excluding hydrogens is 364 g/mol. The number of esters is 1. The number of carbonyl (C=O) groups excluding carboxylic acids is 1. The molecule has 0 aliphatic heterocycles. The van der Waals surface area contributed by atoms with Crippen LogP contribution in [0.2, 0.25) is 0 Å². The van der Waals surface area contributed by atoms with E-state index >= 15 is 0 Å². The Balaban J connectivity index is 4.18. The predicted octanol–water partition coefficient (Wildman–Crippen LogP) is 7.15. The van der Waals surface area contributed by atoms with Crippen LogP contribution in [-0.2, 0) is 14.3 Å². The predicted molar refractivity (Wildman–Crippen MR) is 121 cm³/mol. The Labute approximate surface area is 178 Å². The van der Waals surface area contributed by atoms with Crippen molar-refractivity contribution in [3.05, 3.63) is 36.5 Å². The molecule has 0 fully saturated rings. The Morgan fingerprint density at radius 2 is 1.41 bits per heavy atom. The van der Waals surface area contributed by atoms with Crippen molar-refractivity contribution in [3.63, 3.8) is 0 Å². The van der Waals surface area contributed by atoms with E-state index < -0.39 is 5.97 Å². The van der Waals surface area contributed by atoms with Crippen LogP contribution < -0.4 is 0 Å². The van der Waals surface area contributed by atoms with Crippen molar-refractivity contribution in [1.29, 1.82) is 0 Å². The molecule has 0 saturated heterocycles. The lowest BCUT2D eigenvalue weighted by molar-refractivity contribution is -0.147. The molecule has 0 aromatic carbocycles. The molecule has 4 nitrogen and oxygen atoms in total. The molecule has 0 spiro atoms. The number of carbonyl (C=O) groups is 2. The van der Waals surface area contributed by atoms with E-state index in [1.54, 1.807) is 0 Å². The van der Waals surface area contributed by atoms with Crippen LogP contribution in [0.5, 0.6) is 0 Å². The molecule has 0 amide bonds. The van der Waals surface area contributed by atoms with Crippen LogP contribution in [0.4, 0.5) is 0 Å². The summed E-state index contributed by atoms with van der Waals surface area (Å²) in [5, 5.41) is 8.64. The van der Waals surface area contributed by atoms with Crippen molar-refractivity contribution in [2.75, 3.05) is 0 Å². The Morgan fingerprint density at radius 3 is 2.07 bits per heavy atom. The number of hydrogen-bond donors (Lipinski definition) is 1. The summed E-state index contributed by atoms with van der Waals surface area (Å²) in [6.07, 6.45) is 25.0. The molecule has 0 rings (SSSR count). The minimum atomic E-state index is -0.711. The zero-order valence-electron chi connectivity index (χ0n) is 18.6. The fourth-order valence-corrected chi connectivity index (χ4v) is 2.91. The van der Waals surface area contributed by atoms with E-state index in [2.05, 4.69) is 44.2 Å². The number of hydrogen-bond acceptors (Lipinski definition) is 3. The van der Waals surface area contributed by atoms with Crippen LogP contribution in [-0.4, -0.2) is 23.1 Å². The summed E-state index contributed by atoms with van der Waals surface area (Å²) in [6, 6.07) is 0. The molecule has 0 heterocycles. The number of unbranched alkanes of at least 4 members (excludes halogenated alkanes) is 6. The molecule has 0 saturated carbocycles. The Hall–Kier alpha value is -1.84. The largest absolute Gasteiger partial charge is 0.481 e. The van der Waals surface area contributed by atoms with Crippen LogP contribution in [0.15, 0.2) is 36.5 Å². The van der Waals surface area contributed by atoms with Gasteiger partial charge in [-0.3, -0.25) is 9.59 Å². The van der Waals surface area contributed by atoms with Gasteiger partial charge in [0.2, 0.25) is 0 Å². The Morgan fingerprint density at radius 1 is 0.793 bits per heavy atom. The quantitative estimate of drug-likeness (QED) is 0.140. The summed E-state index contributed by atoms with van der Waals surface area (Å²) in [6.45, 7) is 4.20. The molecule has 166 valence electrons. The number of allylic oxidation sites excluding steroid dienone is 5. The first-order valence-electron chi connectivity index (χ1n) is 11.5. The zero-order chi connectivity index (χ0) is 21.6. The highest BCUT2D eigenvalue weighted by Gasteiger charge is 2.11. The monoisotopic (exact) mass is 406 g/mol. The van der Waals surface area contributed by atoms with Crippen molar-refractivity contribution in [2.45, 2.75) is 110 Å². The summed E-state index contributed by atoms with van der Waals surface area (Å²) < 4.78 is 5.66. The standard InChI is InChI=1S/C25H42O4/c1-3-5-7-8-9-10-13-16-19-23(29-25(28)22-6-4-2)20-17-14-11-12-15-18-21-24(26)27/h5,7,9-10,16,19,23H,3-4,6,8,11-15,17-18,20-22H2,1-2H3,(H,26,27)/b7-5-,10-9-,19-16-. The van der Waals surface area contributed by atoms with Crippen LogP contribution in [0.3, 0.4) is 0 Å². The van der Waals surface area contributed by atoms with Gasteiger partial charge in [0, 0.05) is 12.8 Å². The number of carboxylic acid groups (broad SMARTS) is 1. The lowest BCUT2D eigenvalue weighted by Gasteiger charge is -2.14. The summed E-state index contributed by atoms with van der Waals surface area (Å²) in [5.74, 6) is -0.813. The van der Waals surface area contributed by atoms with Gasteiger partial charge >= 0.3 is 11.9 Å². The van der Waals surface area contributed by atoms with E-state index in [-0.39, 0.29) is 18.5 Å². The van der Waals surface area contributed by atoms with Gasteiger partial charge in [-0.1, -0.05) is 76.3 Å².